The van der Waals surface area contributed by atoms with Gasteiger partial charge in [-0.05, 0) is 18.8 Å². The van der Waals surface area contributed by atoms with Crippen molar-refractivity contribution in [3.63, 3.8) is 0 Å². The lowest BCUT2D eigenvalue weighted by Gasteiger charge is -2.26. The van der Waals surface area contributed by atoms with Crippen LogP contribution in [0.4, 0.5) is 5.82 Å². The fourth-order valence-electron chi connectivity index (χ4n) is 2.92. The van der Waals surface area contributed by atoms with Gasteiger partial charge in [-0.15, -0.1) is 0 Å². The average molecular weight is 263 g/mol. The molecule has 0 radical (unpaired) electrons. The number of anilines is 1. The first kappa shape index (κ1) is 12.3. The minimum absolute atomic E-state index is 0.0629. The Bertz CT molecular complexity index is 518. The molecule has 0 spiro atoms. The van der Waals surface area contributed by atoms with E-state index in [1.807, 2.05) is 11.8 Å². The minimum Gasteiger partial charge on any atom is -0.476 e. The van der Waals surface area contributed by atoms with Crippen LogP contribution in [0.25, 0.3) is 0 Å². The Balaban J connectivity index is 1.84. The van der Waals surface area contributed by atoms with Gasteiger partial charge in [0.05, 0.1) is 18.0 Å². The highest BCUT2D eigenvalue weighted by Crippen LogP contribution is 2.47. The van der Waals surface area contributed by atoms with E-state index in [0.29, 0.717) is 24.8 Å². The zero-order valence-electron chi connectivity index (χ0n) is 10.8. The summed E-state index contributed by atoms with van der Waals surface area (Å²) in [6.07, 6.45) is 4.95. The van der Waals surface area contributed by atoms with Crippen LogP contribution in [0.3, 0.4) is 0 Å². The summed E-state index contributed by atoms with van der Waals surface area (Å²) >= 11 is 0. The van der Waals surface area contributed by atoms with Crippen LogP contribution < -0.4 is 4.90 Å². The molecule has 0 bridgehead atoms. The predicted molar refractivity (Wildman–Crippen MR) is 68.0 cm³/mol. The number of hydrogen-bond acceptors (Lipinski definition) is 5. The number of carboxylic acid groups (broad SMARTS) is 1. The van der Waals surface area contributed by atoms with E-state index < -0.39 is 11.6 Å². The van der Waals surface area contributed by atoms with Gasteiger partial charge in [-0.2, -0.15) is 0 Å². The van der Waals surface area contributed by atoms with Crippen LogP contribution in [-0.4, -0.2) is 44.8 Å². The summed E-state index contributed by atoms with van der Waals surface area (Å²) in [5.41, 5.74) is -0.729. The predicted octanol–water partition coefficient (Wildman–Crippen LogP) is 0.772. The Labute approximate surface area is 111 Å². The number of hydrogen-bond donors (Lipinski definition) is 2. The van der Waals surface area contributed by atoms with E-state index in [2.05, 4.69) is 9.97 Å². The van der Waals surface area contributed by atoms with E-state index in [9.17, 15) is 9.90 Å². The van der Waals surface area contributed by atoms with Gasteiger partial charge in [-0.25, -0.2) is 9.78 Å². The lowest BCUT2D eigenvalue weighted by atomic mass is 9.88. The highest BCUT2D eigenvalue weighted by atomic mass is 16.4. The lowest BCUT2D eigenvalue weighted by molar-refractivity contribution is 0.00281. The number of β-amino-alcohol motifs (C(OH)–C–C–N with tert-alkyl or cyclic N) is 1. The van der Waals surface area contributed by atoms with Crippen molar-refractivity contribution in [1.82, 2.24) is 9.97 Å². The minimum atomic E-state index is -1.08. The summed E-state index contributed by atoms with van der Waals surface area (Å²) in [5.74, 6) is -0.0132. The Morgan fingerprint density at radius 2 is 2.21 bits per heavy atom. The van der Waals surface area contributed by atoms with Crippen molar-refractivity contribution >= 4 is 11.8 Å². The van der Waals surface area contributed by atoms with Gasteiger partial charge < -0.3 is 15.1 Å². The van der Waals surface area contributed by atoms with Crippen molar-refractivity contribution < 1.29 is 15.0 Å². The fourth-order valence-corrected chi connectivity index (χ4v) is 2.92. The molecule has 1 aliphatic heterocycles. The topological polar surface area (TPSA) is 86.6 Å². The Morgan fingerprint density at radius 3 is 2.84 bits per heavy atom. The molecule has 1 saturated carbocycles. The molecule has 1 aromatic rings. The summed E-state index contributed by atoms with van der Waals surface area (Å²) in [5, 5.41) is 19.6. The molecular formula is C13H17N3O3. The second-order valence-electron chi connectivity index (χ2n) is 5.61. The van der Waals surface area contributed by atoms with Gasteiger partial charge in [0.1, 0.15) is 5.82 Å². The summed E-state index contributed by atoms with van der Waals surface area (Å²) < 4.78 is 0. The molecular weight excluding hydrogens is 246 g/mol. The molecule has 6 heteroatoms. The fraction of sp³-hybridized carbons (Fsp3) is 0.615. The van der Waals surface area contributed by atoms with Crippen molar-refractivity contribution in [3.8, 4) is 0 Å². The Morgan fingerprint density at radius 1 is 1.47 bits per heavy atom. The second-order valence-corrected chi connectivity index (χ2v) is 5.61. The molecule has 1 aliphatic carbocycles. The van der Waals surface area contributed by atoms with Crippen LogP contribution in [0.1, 0.15) is 30.3 Å². The Hall–Kier alpha value is -1.69. The van der Waals surface area contributed by atoms with Crippen LogP contribution in [-0.2, 0) is 0 Å². The summed E-state index contributed by atoms with van der Waals surface area (Å²) in [6, 6.07) is 0. The van der Waals surface area contributed by atoms with E-state index in [1.54, 1.807) is 6.20 Å². The summed E-state index contributed by atoms with van der Waals surface area (Å²) in [4.78, 5) is 20.8. The van der Waals surface area contributed by atoms with Crippen LogP contribution in [0, 0.1) is 11.8 Å². The molecule has 0 amide bonds. The molecule has 2 aliphatic rings. The molecule has 2 N–H and O–H groups in total. The first-order chi connectivity index (χ1) is 9.00. The van der Waals surface area contributed by atoms with E-state index in [1.165, 1.54) is 6.20 Å². The number of carbonyl (C=O) groups is 1. The third-order valence-corrected chi connectivity index (χ3v) is 4.24. The van der Waals surface area contributed by atoms with Gasteiger partial charge >= 0.3 is 5.97 Å². The highest BCUT2D eigenvalue weighted by Gasteiger charge is 2.52. The van der Waals surface area contributed by atoms with Crippen molar-refractivity contribution in [2.45, 2.75) is 25.4 Å². The van der Waals surface area contributed by atoms with Crippen molar-refractivity contribution in [2.24, 2.45) is 11.8 Å². The standard InChI is InChI=1S/C13H17N3O3/c1-8-6-16(7-13(8,19)9-2-3-9)11-5-14-4-10(15-11)12(17)18/h4-5,8-9,19H,2-3,6-7H2,1H3,(H,17,18)/t8-,13+/m1/s1. The van der Waals surface area contributed by atoms with E-state index >= 15 is 0 Å². The monoisotopic (exact) mass is 263 g/mol. The number of carboxylic acids is 1. The van der Waals surface area contributed by atoms with Gasteiger partial charge in [0.15, 0.2) is 5.69 Å². The van der Waals surface area contributed by atoms with Crippen molar-refractivity contribution in [2.75, 3.05) is 18.0 Å². The van der Waals surface area contributed by atoms with Gasteiger partial charge in [0, 0.05) is 19.0 Å². The zero-order valence-corrected chi connectivity index (χ0v) is 10.8. The second kappa shape index (κ2) is 4.16. The lowest BCUT2D eigenvalue weighted by Crippen LogP contribution is -2.39. The van der Waals surface area contributed by atoms with E-state index in [-0.39, 0.29) is 11.6 Å². The van der Waals surface area contributed by atoms with Crippen molar-refractivity contribution in [1.29, 1.82) is 0 Å². The SMILES string of the molecule is C[C@@H]1CN(c2cncc(C(=O)O)n2)C[C@@]1(O)C1CC1. The molecule has 1 saturated heterocycles. The molecule has 102 valence electrons. The number of aliphatic hydroxyl groups is 1. The molecule has 0 aromatic carbocycles. The molecule has 2 atom stereocenters. The normalized spacial score (nSPS) is 30.6. The van der Waals surface area contributed by atoms with Crippen LogP contribution in [0.5, 0.6) is 0 Å². The number of nitrogens with zero attached hydrogens (tertiary/aromatic N) is 3. The third-order valence-electron chi connectivity index (χ3n) is 4.24. The third kappa shape index (κ3) is 2.06. The van der Waals surface area contributed by atoms with Gasteiger partial charge in [-0.3, -0.25) is 4.98 Å². The number of aromatic carboxylic acids is 1. The molecule has 19 heavy (non-hydrogen) atoms. The van der Waals surface area contributed by atoms with Crippen LogP contribution in [0.2, 0.25) is 0 Å². The molecule has 2 fully saturated rings. The highest BCUT2D eigenvalue weighted by molar-refractivity contribution is 5.85. The molecule has 3 rings (SSSR count). The number of rotatable bonds is 3. The van der Waals surface area contributed by atoms with E-state index in [0.717, 1.165) is 12.8 Å². The summed E-state index contributed by atoms with van der Waals surface area (Å²) in [7, 11) is 0. The molecule has 2 heterocycles. The first-order valence-corrected chi connectivity index (χ1v) is 6.53. The molecule has 6 nitrogen and oxygen atoms in total. The molecule has 1 aromatic heterocycles. The summed E-state index contributed by atoms with van der Waals surface area (Å²) in [6.45, 7) is 3.23. The largest absolute Gasteiger partial charge is 0.476 e. The van der Waals surface area contributed by atoms with Gasteiger partial charge in [0.2, 0.25) is 0 Å². The number of aromatic nitrogens is 2. The van der Waals surface area contributed by atoms with Gasteiger partial charge in [-0.1, -0.05) is 6.92 Å². The zero-order chi connectivity index (χ0) is 13.6. The Kier molecular flexibility index (Phi) is 2.70. The quantitative estimate of drug-likeness (QED) is 0.837. The average Bonchev–Trinajstić information content (AvgIpc) is 3.18. The maximum atomic E-state index is 10.9. The van der Waals surface area contributed by atoms with Crippen LogP contribution >= 0.6 is 0 Å². The van der Waals surface area contributed by atoms with Crippen molar-refractivity contribution in [3.05, 3.63) is 18.1 Å². The molecule has 0 unspecified atom stereocenters. The van der Waals surface area contributed by atoms with Gasteiger partial charge in [0.25, 0.3) is 0 Å². The van der Waals surface area contributed by atoms with E-state index in [4.69, 9.17) is 5.11 Å². The maximum Gasteiger partial charge on any atom is 0.356 e. The maximum absolute atomic E-state index is 10.9. The smallest absolute Gasteiger partial charge is 0.356 e. The van der Waals surface area contributed by atoms with Crippen LogP contribution in [0.15, 0.2) is 12.4 Å². The first-order valence-electron chi connectivity index (χ1n) is 6.53.